The number of carbonyl (C=O) groups excluding carboxylic acids is 1. The third-order valence-corrected chi connectivity index (χ3v) is 10.8. The number of allylic oxidation sites excluding steroid dienone is 1. The number of fused-ring (bicyclic) bond motifs is 2. The van der Waals surface area contributed by atoms with Gasteiger partial charge in [0.05, 0.1) is 24.2 Å². The minimum atomic E-state index is -1.63. The van der Waals surface area contributed by atoms with E-state index in [2.05, 4.69) is 13.0 Å². The zero-order chi connectivity index (χ0) is 25.4. The molecule has 35 heavy (non-hydrogen) atoms. The molecule has 4 aliphatic carbocycles. The van der Waals surface area contributed by atoms with Crippen LogP contribution >= 0.6 is 0 Å². The van der Waals surface area contributed by atoms with Gasteiger partial charge >= 0.3 is 5.97 Å². The maximum absolute atomic E-state index is 13.7. The normalized spacial score (nSPS) is 53.4. The fraction of sp³-hybridized carbons (Fsp3) is 0.885. The van der Waals surface area contributed by atoms with Crippen LogP contribution in [0.4, 0.5) is 0 Å². The van der Waals surface area contributed by atoms with E-state index in [-0.39, 0.29) is 29.3 Å². The Labute approximate surface area is 205 Å². The van der Waals surface area contributed by atoms with Gasteiger partial charge in [-0.05, 0) is 68.1 Å². The molecular weight excluding hydrogens is 456 g/mol. The first-order valence-corrected chi connectivity index (χ1v) is 13.0. The van der Waals surface area contributed by atoms with E-state index in [1.807, 2.05) is 6.92 Å². The Bertz CT molecular complexity index is 890. The van der Waals surface area contributed by atoms with Crippen LogP contribution in [0.2, 0.25) is 0 Å². The summed E-state index contributed by atoms with van der Waals surface area (Å²) in [6, 6.07) is 0. The Morgan fingerprint density at radius 3 is 2.54 bits per heavy atom. The summed E-state index contributed by atoms with van der Waals surface area (Å²) in [6.07, 6.45) is 0.924. The minimum Gasteiger partial charge on any atom is -0.432 e. The summed E-state index contributed by atoms with van der Waals surface area (Å²) in [4.78, 5) is 13.7. The molecule has 1 spiro atoms. The largest absolute Gasteiger partial charge is 0.432 e. The summed E-state index contributed by atoms with van der Waals surface area (Å²) in [5.74, 6) is -0.498. The summed E-state index contributed by atoms with van der Waals surface area (Å²) in [5, 5.41) is 61.1. The number of carbonyl (C=O) groups is 1. The van der Waals surface area contributed by atoms with Crippen LogP contribution in [0.25, 0.3) is 0 Å². The SMILES string of the molecule is C[C@@]1(C(=O)O[C@@H]2O[C@H](CO)[C@@H](O)[C@H](O)[C@H]2O)CCC[C@]2(C)[C@@H]1CC=C1C[C@](O)(CO)[C@H]3CC[C@]12C3. The van der Waals surface area contributed by atoms with E-state index in [1.165, 1.54) is 5.57 Å². The van der Waals surface area contributed by atoms with Crippen molar-refractivity contribution in [3.63, 3.8) is 0 Å². The summed E-state index contributed by atoms with van der Waals surface area (Å²) in [7, 11) is 0. The molecule has 1 saturated heterocycles. The molecule has 3 saturated carbocycles. The summed E-state index contributed by atoms with van der Waals surface area (Å²) in [5.41, 5.74) is -1.02. The number of esters is 1. The number of aliphatic hydroxyl groups is 6. The van der Waals surface area contributed by atoms with Crippen molar-refractivity contribution >= 4 is 5.97 Å². The molecule has 0 unspecified atom stereocenters. The number of rotatable bonds is 4. The second kappa shape index (κ2) is 8.48. The molecule has 9 nitrogen and oxygen atoms in total. The van der Waals surface area contributed by atoms with Gasteiger partial charge in [0, 0.05) is 6.42 Å². The van der Waals surface area contributed by atoms with Crippen molar-refractivity contribution in [2.24, 2.45) is 28.1 Å². The Kier molecular flexibility index (Phi) is 6.19. The molecule has 0 aromatic heterocycles. The van der Waals surface area contributed by atoms with E-state index >= 15 is 0 Å². The van der Waals surface area contributed by atoms with Crippen molar-refractivity contribution < 1.29 is 44.9 Å². The van der Waals surface area contributed by atoms with E-state index in [0.29, 0.717) is 19.3 Å². The van der Waals surface area contributed by atoms with Gasteiger partial charge in [0.25, 0.3) is 0 Å². The van der Waals surface area contributed by atoms with Gasteiger partial charge in [-0.3, -0.25) is 4.79 Å². The zero-order valence-corrected chi connectivity index (χ0v) is 20.6. The van der Waals surface area contributed by atoms with Gasteiger partial charge in [-0.15, -0.1) is 0 Å². The van der Waals surface area contributed by atoms with Gasteiger partial charge in [-0.1, -0.05) is 25.0 Å². The maximum atomic E-state index is 13.7. The number of aliphatic hydroxyl groups excluding tert-OH is 5. The van der Waals surface area contributed by atoms with Gasteiger partial charge in [0.1, 0.15) is 24.4 Å². The molecule has 0 aromatic carbocycles. The van der Waals surface area contributed by atoms with Crippen molar-refractivity contribution in [2.45, 2.75) is 102 Å². The van der Waals surface area contributed by atoms with Gasteiger partial charge in [-0.25, -0.2) is 0 Å². The molecule has 5 aliphatic rings. The second-order valence-electron chi connectivity index (χ2n) is 12.3. The average molecular weight is 497 g/mol. The Morgan fingerprint density at radius 2 is 1.86 bits per heavy atom. The number of hydrogen-bond donors (Lipinski definition) is 6. The van der Waals surface area contributed by atoms with Crippen molar-refractivity contribution in [3.8, 4) is 0 Å². The second-order valence-corrected chi connectivity index (χ2v) is 12.3. The predicted octanol–water partition coefficient (Wildman–Crippen LogP) is 0.386. The van der Waals surface area contributed by atoms with Crippen molar-refractivity contribution in [3.05, 3.63) is 11.6 Å². The molecule has 0 amide bonds. The van der Waals surface area contributed by atoms with Crippen molar-refractivity contribution in [2.75, 3.05) is 13.2 Å². The van der Waals surface area contributed by atoms with Crippen LogP contribution < -0.4 is 0 Å². The summed E-state index contributed by atoms with van der Waals surface area (Å²) in [6.45, 7) is 3.36. The molecule has 198 valence electrons. The Hall–Kier alpha value is -1.07. The van der Waals surface area contributed by atoms with E-state index in [4.69, 9.17) is 9.47 Å². The highest BCUT2D eigenvalue weighted by atomic mass is 16.7. The molecule has 4 fully saturated rings. The number of hydrogen-bond acceptors (Lipinski definition) is 9. The van der Waals surface area contributed by atoms with Gasteiger partial charge in [0.2, 0.25) is 6.29 Å². The first kappa shape index (κ1) is 25.6. The molecule has 0 radical (unpaired) electrons. The number of ether oxygens (including phenoxy) is 2. The van der Waals surface area contributed by atoms with Crippen LogP contribution in [0.1, 0.15) is 65.2 Å². The predicted molar refractivity (Wildman–Crippen MR) is 123 cm³/mol. The standard InChI is InChI=1S/C26H40O9/c1-23(22(32)35-21-20(31)19(30)18(29)16(12-27)34-21)7-3-8-24(2)17(23)5-4-14-11-26(33,13-28)15-6-9-25(14,24)10-15/h4,15-21,27-31,33H,3,5-13H2,1-2H3/t15-,16+,17+,18+,19-,20+,21-,23+,24+,25-,26-/m0/s1. The first-order chi connectivity index (χ1) is 16.5. The summed E-state index contributed by atoms with van der Waals surface area (Å²) < 4.78 is 11.1. The molecule has 6 N–H and O–H groups in total. The van der Waals surface area contributed by atoms with Crippen LogP contribution in [0, 0.1) is 28.1 Å². The zero-order valence-electron chi connectivity index (χ0n) is 20.6. The highest BCUT2D eigenvalue weighted by Gasteiger charge is 2.68. The van der Waals surface area contributed by atoms with Gasteiger partial charge in [0.15, 0.2) is 0 Å². The smallest absolute Gasteiger partial charge is 0.314 e. The van der Waals surface area contributed by atoms with Crippen molar-refractivity contribution in [1.82, 2.24) is 0 Å². The molecule has 11 atom stereocenters. The Balaban J connectivity index is 1.43. The lowest BCUT2D eigenvalue weighted by Crippen LogP contribution is -2.62. The van der Waals surface area contributed by atoms with Gasteiger partial charge < -0.3 is 40.1 Å². The molecular formula is C26H40O9. The van der Waals surface area contributed by atoms with E-state index in [0.717, 1.165) is 32.1 Å². The van der Waals surface area contributed by atoms with Crippen molar-refractivity contribution in [1.29, 1.82) is 0 Å². The molecule has 1 heterocycles. The highest BCUT2D eigenvalue weighted by molar-refractivity contribution is 5.77. The third kappa shape index (κ3) is 3.42. The van der Waals surface area contributed by atoms with Crippen LogP contribution in [-0.4, -0.2) is 86.1 Å². The topological polar surface area (TPSA) is 157 Å². The quantitative estimate of drug-likeness (QED) is 0.239. The van der Waals surface area contributed by atoms with Crippen LogP contribution in [0.5, 0.6) is 0 Å². The highest BCUT2D eigenvalue weighted by Crippen LogP contribution is 2.73. The average Bonchev–Trinajstić information content (AvgIpc) is 3.25. The lowest BCUT2D eigenvalue weighted by molar-refractivity contribution is -0.297. The monoisotopic (exact) mass is 496 g/mol. The van der Waals surface area contributed by atoms with E-state index in [1.54, 1.807) is 0 Å². The van der Waals surface area contributed by atoms with E-state index < -0.39 is 54.3 Å². The van der Waals surface area contributed by atoms with E-state index in [9.17, 15) is 35.4 Å². The molecule has 0 aromatic rings. The van der Waals surface area contributed by atoms with Gasteiger partial charge in [-0.2, -0.15) is 0 Å². The lowest BCUT2D eigenvalue weighted by Gasteiger charge is -2.63. The molecule has 2 bridgehead atoms. The Morgan fingerprint density at radius 1 is 1.11 bits per heavy atom. The first-order valence-electron chi connectivity index (χ1n) is 13.0. The minimum absolute atomic E-state index is 0.0241. The van der Waals surface area contributed by atoms with Crippen LogP contribution in [0.3, 0.4) is 0 Å². The maximum Gasteiger partial charge on any atom is 0.314 e. The van der Waals surface area contributed by atoms with Crippen LogP contribution in [0.15, 0.2) is 11.6 Å². The molecule has 5 rings (SSSR count). The molecule has 9 heteroatoms. The molecule has 1 aliphatic heterocycles. The van der Waals surface area contributed by atoms with Crippen LogP contribution in [-0.2, 0) is 14.3 Å². The lowest BCUT2D eigenvalue weighted by atomic mass is 9.40. The fourth-order valence-electron chi connectivity index (χ4n) is 8.65. The summed E-state index contributed by atoms with van der Waals surface area (Å²) >= 11 is 0. The third-order valence-electron chi connectivity index (χ3n) is 10.8. The fourth-order valence-corrected chi connectivity index (χ4v) is 8.65.